The number of hydrogen-bond donors (Lipinski definition) is 1. The third kappa shape index (κ3) is 2.10. The lowest BCUT2D eigenvalue weighted by Gasteiger charge is -2.21. The maximum absolute atomic E-state index is 12.3. The zero-order chi connectivity index (χ0) is 19.4. The molecule has 0 aromatic heterocycles. The number of rotatable bonds is 0. The zero-order valence-electron chi connectivity index (χ0n) is 15.8. The van der Waals surface area contributed by atoms with Crippen LogP contribution in [0.2, 0.25) is 0 Å². The molecule has 3 heteroatoms. The Morgan fingerprint density at radius 1 is 0.607 bits per heavy atom. The molecule has 0 aliphatic carbocycles. The second-order valence-corrected chi connectivity index (χ2v) is 7.27. The van der Waals surface area contributed by atoms with Gasteiger partial charge in [-0.2, -0.15) is 0 Å². The van der Waals surface area contributed by atoms with E-state index in [0.29, 0.717) is 11.1 Å². The lowest BCUT2D eigenvalue weighted by Crippen LogP contribution is -2.34. The van der Waals surface area contributed by atoms with E-state index in [9.17, 15) is 9.59 Å². The third-order valence-electron chi connectivity index (χ3n) is 5.36. The highest BCUT2D eigenvalue weighted by atomic mass is 16.2. The van der Waals surface area contributed by atoms with Crippen LogP contribution in [-0.2, 0) is 0 Å². The minimum absolute atomic E-state index is 0.321. The van der Waals surface area contributed by atoms with Gasteiger partial charge in [0.15, 0.2) is 0 Å². The van der Waals surface area contributed by atoms with Crippen LogP contribution in [0.15, 0.2) is 60.7 Å². The number of nitrogens with one attached hydrogen (secondary N) is 1. The topological polar surface area (TPSA) is 46.2 Å². The summed E-state index contributed by atoms with van der Waals surface area (Å²) < 4.78 is 0. The van der Waals surface area contributed by atoms with Crippen LogP contribution >= 0.6 is 0 Å². The first kappa shape index (κ1) is 16.7. The highest BCUT2D eigenvalue weighted by Crippen LogP contribution is 2.42. The number of hydrogen-bond acceptors (Lipinski definition) is 2. The Kier molecular flexibility index (Phi) is 3.59. The van der Waals surface area contributed by atoms with E-state index in [4.69, 9.17) is 0 Å². The smallest absolute Gasteiger partial charge is 0.258 e. The van der Waals surface area contributed by atoms with Gasteiger partial charge in [0.25, 0.3) is 11.8 Å². The molecule has 1 aliphatic heterocycles. The molecule has 0 saturated carbocycles. The maximum atomic E-state index is 12.3. The number of amides is 2. The highest BCUT2D eigenvalue weighted by molar-refractivity contribution is 6.38. The van der Waals surface area contributed by atoms with Crippen LogP contribution in [0.4, 0.5) is 0 Å². The lowest BCUT2D eigenvalue weighted by atomic mass is 9.85. The van der Waals surface area contributed by atoms with Crippen molar-refractivity contribution in [2.24, 2.45) is 0 Å². The molecule has 0 radical (unpaired) electrons. The molecule has 0 fully saturated rings. The molecule has 0 unspecified atom stereocenters. The molecule has 0 bridgehead atoms. The Balaban J connectivity index is 0.000000538. The summed E-state index contributed by atoms with van der Waals surface area (Å²) in [5.74, 6) is -0.642. The fourth-order valence-electron chi connectivity index (χ4n) is 4.35. The first-order chi connectivity index (χ1) is 13.7. The molecular weight excluding hydrogens is 346 g/mol. The Labute approximate surface area is 162 Å². The summed E-state index contributed by atoms with van der Waals surface area (Å²) in [6.07, 6.45) is 1.25. The molecule has 0 spiro atoms. The van der Waals surface area contributed by atoms with Crippen molar-refractivity contribution in [1.82, 2.24) is 5.32 Å². The van der Waals surface area contributed by atoms with Gasteiger partial charge >= 0.3 is 0 Å². The van der Waals surface area contributed by atoms with E-state index < -0.39 is 0 Å². The van der Waals surface area contributed by atoms with Crippen molar-refractivity contribution >= 4 is 54.9 Å². The van der Waals surface area contributed by atoms with E-state index in [0.717, 1.165) is 32.3 Å². The van der Waals surface area contributed by atoms with Crippen LogP contribution in [0, 0.1) is 0 Å². The summed E-state index contributed by atoms with van der Waals surface area (Å²) in [5, 5.41) is 11.1. The first-order valence-electron chi connectivity index (χ1n) is 9.63. The molecule has 3 nitrogen and oxygen atoms in total. The molecule has 1 N–H and O–H groups in total. The molecule has 1 heterocycles. The van der Waals surface area contributed by atoms with Gasteiger partial charge in [0.2, 0.25) is 0 Å². The number of imide groups is 1. The van der Waals surface area contributed by atoms with Gasteiger partial charge in [0.05, 0.1) is 0 Å². The van der Waals surface area contributed by atoms with Gasteiger partial charge in [0.1, 0.15) is 0 Å². The monoisotopic (exact) mass is 365 g/mol. The molecule has 136 valence electrons. The van der Waals surface area contributed by atoms with Crippen LogP contribution in [0.5, 0.6) is 0 Å². The number of carbonyl (C=O) groups is 2. The van der Waals surface area contributed by atoms with Gasteiger partial charge in [-0.3, -0.25) is 14.9 Å². The predicted molar refractivity (Wildman–Crippen MR) is 115 cm³/mol. The number of fused-ring (bicyclic) bond motifs is 2. The van der Waals surface area contributed by atoms with Crippen molar-refractivity contribution in [2.75, 3.05) is 0 Å². The van der Waals surface area contributed by atoms with Gasteiger partial charge in [-0.15, -0.1) is 0 Å². The molecule has 5 aromatic carbocycles. The summed E-state index contributed by atoms with van der Waals surface area (Å²) in [6, 6.07) is 20.3. The predicted octanol–water partition coefficient (Wildman–Crippen LogP) is 6.04. The average molecular weight is 365 g/mol. The van der Waals surface area contributed by atoms with Crippen LogP contribution in [0.1, 0.15) is 41.0 Å². The fraction of sp³-hybridized carbons (Fsp3) is 0.120. The number of benzene rings is 5. The van der Waals surface area contributed by atoms with Crippen LogP contribution < -0.4 is 5.32 Å². The summed E-state index contributed by atoms with van der Waals surface area (Å²) in [4.78, 5) is 24.6. The minimum atomic E-state index is -0.321. The molecule has 2 amide bonds. The highest BCUT2D eigenvalue weighted by Gasteiger charge is 2.27. The van der Waals surface area contributed by atoms with Gasteiger partial charge in [0, 0.05) is 16.5 Å². The fourth-order valence-corrected chi connectivity index (χ4v) is 4.35. The Morgan fingerprint density at radius 3 is 1.57 bits per heavy atom. The molecule has 28 heavy (non-hydrogen) atoms. The van der Waals surface area contributed by atoms with Gasteiger partial charge < -0.3 is 0 Å². The van der Waals surface area contributed by atoms with Crippen molar-refractivity contribution in [3.05, 3.63) is 71.8 Å². The largest absolute Gasteiger partial charge is 0.288 e. The number of carbonyl (C=O) groups excluding carboxylic acids is 2. The van der Waals surface area contributed by atoms with Crippen molar-refractivity contribution < 1.29 is 9.59 Å². The zero-order valence-corrected chi connectivity index (χ0v) is 15.8. The van der Waals surface area contributed by atoms with Crippen LogP contribution in [0.25, 0.3) is 43.1 Å². The SMILES string of the molecule is CCC.O=C1NC(=O)c2ccc3c4cccc5cccc(c6ccc1c2c63)c54. The van der Waals surface area contributed by atoms with Crippen LogP contribution in [-0.4, -0.2) is 11.8 Å². The van der Waals surface area contributed by atoms with E-state index in [-0.39, 0.29) is 11.8 Å². The molecule has 0 atom stereocenters. The summed E-state index contributed by atoms with van der Waals surface area (Å²) in [7, 11) is 0. The molecule has 6 rings (SSSR count). The first-order valence-corrected chi connectivity index (χ1v) is 9.63. The standard InChI is InChI=1S/C22H11NO2.C3H8/c24-21-16-9-7-14-12-5-1-3-11-4-2-6-13(18(11)12)15-8-10-17(22(25)23-21)20(16)19(14)15;1-3-2/h1-10H,(H,23,24,25);3H2,1-2H3. The second kappa shape index (κ2) is 6.03. The maximum Gasteiger partial charge on any atom is 0.258 e. The van der Waals surface area contributed by atoms with Crippen molar-refractivity contribution in [3.63, 3.8) is 0 Å². The van der Waals surface area contributed by atoms with Gasteiger partial charge in [-0.1, -0.05) is 68.8 Å². The molecule has 5 aromatic rings. The Hall–Kier alpha value is -3.46. The quantitative estimate of drug-likeness (QED) is 0.207. The van der Waals surface area contributed by atoms with Crippen molar-refractivity contribution in [2.45, 2.75) is 20.3 Å². The van der Waals surface area contributed by atoms with E-state index in [1.165, 1.54) is 17.2 Å². The molecular formula is C25H19NO2. The average Bonchev–Trinajstić information content (AvgIpc) is 2.71. The lowest BCUT2D eigenvalue weighted by molar-refractivity contribution is 0.0845. The van der Waals surface area contributed by atoms with Crippen LogP contribution in [0.3, 0.4) is 0 Å². The summed E-state index contributed by atoms with van der Waals surface area (Å²) in [6.45, 7) is 4.25. The van der Waals surface area contributed by atoms with E-state index in [2.05, 4.69) is 55.6 Å². The van der Waals surface area contributed by atoms with E-state index in [1.54, 1.807) is 0 Å². The van der Waals surface area contributed by atoms with Crippen molar-refractivity contribution in [1.29, 1.82) is 0 Å². The van der Waals surface area contributed by atoms with Gasteiger partial charge in [-0.05, 0) is 49.8 Å². The minimum Gasteiger partial charge on any atom is -0.288 e. The summed E-state index contributed by atoms with van der Waals surface area (Å²) >= 11 is 0. The second-order valence-electron chi connectivity index (χ2n) is 7.27. The Bertz CT molecular complexity index is 1320. The third-order valence-corrected chi connectivity index (χ3v) is 5.36. The molecule has 0 saturated heterocycles. The van der Waals surface area contributed by atoms with Crippen molar-refractivity contribution in [3.8, 4) is 0 Å². The Morgan fingerprint density at radius 2 is 1.07 bits per heavy atom. The summed E-state index contributed by atoms with van der Waals surface area (Å²) in [5.41, 5.74) is 1.14. The van der Waals surface area contributed by atoms with E-state index in [1.807, 2.05) is 24.3 Å². The van der Waals surface area contributed by atoms with E-state index >= 15 is 0 Å². The van der Waals surface area contributed by atoms with Gasteiger partial charge in [-0.25, -0.2) is 0 Å². The normalized spacial score (nSPS) is 13.2. The molecule has 1 aliphatic rings.